The van der Waals surface area contributed by atoms with Gasteiger partial charge in [0.25, 0.3) is 5.91 Å². The fraction of sp³-hybridized carbons (Fsp3) is 0.536. The topological polar surface area (TPSA) is 158 Å². The number of piperidine rings is 2. The predicted molar refractivity (Wildman–Crippen MR) is 153 cm³/mol. The van der Waals surface area contributed by atoms with Crippen molar-refractivity contribution in [3.8, 4) is 0 Å². The molecule has 0 aliphatic carbocycles. The molecule has 1 aromatic carbocycles. The molecule has 13 heteroatoms. The Labute approximate surface area is 249 Å². The minimum atomic E-state index is -5.39. The molecule has 11 nitrogen and oxygen atoms in total. The number of oxime groups is 1. The number of carbonyl (C=O) groups is 1. The molecule has 1 amide bonds. The van der Waals surface area contributed by atoms with Gasteiger partial charge in [0, 0.05) is 42.0 Å². The van der Waals surface area contributed by atoms with Gasteiger partial charge in [-0.15, -0.1) is 0 Å². The number of carbonyl (C=O) groups excluding carboxylic acids is 1. The third-order valence-electron chi connectivity index (χ3n) is 7.97. The summed E-state index contributed by atoms with van der Waals surface area (Å²) in [5, 5.41) is 16.6. The Hall–Kier alpha value is -2.34. The monoisotopic (exact) mass is 651 g/mol. The minimum absolute atomic E-state index is 0.0257. The van der Waals surface area contributed by atoms with Crippen LogP contribution in [0.1, 0.15) is 66.7 Å². The molecule has 1 aromatic heterocycles. The highest BCUT2D eigenvalue weighted by Gasteiger charge is 2.40. The van der Waals surface area contributed by atoms with E-state index in [9.17, 15) is 10.0 Å². The maximum Gasteiger partial charge on any atom is 0.260 e. The van der Waals surface area contributed by atoms with Gasteiger partial charge in [-0.25, -0.2) is 0 Å². The van der Waals surface area contributed by atoms with Gasteiger partial charge >= 0.3 is 0 Å². The van der Waals surface area contributed by atoms with Crippen LogP contribution in [-0.2, 0) is 9.40 Å². The standard InChI is InChI=1S/C28H37BrN4O3.H3O4P/c1-5-36-30-26(22-6-8-24(29)9-7-22)23-11-15-32(16-12-23)28(4)13-18-31(19-14-28)27(34)25-20(2)10-17-33(35)21(25)3;1-5(2,3)4/h6-10,17,23H,5,11-16,18-19H2,1-4H3;(H3,1,2,3,4)/p-3/b30-26-;. The lowest BCUT2D eigenvalue weighted by atomic mass is 9.82. The second kappa shape index (κ2) is 14.2. The van der Waals surface area contributed by atoms with E-state index in [4.69, 9.17) is 24.1 Å². The highest BCUT2D eigenvalue weighted by molar-refractivity contribution is 9.10. The molecule has 0 spiro atoms. The number of benzene rings is 1. The van der Waals surface area contributed by atoms with E-state index in [0.717, 1.165) is 64.8 Å². The summed E-state index contributed by atoms with van der Waals surface area (Å²) in [5.41, 5.74) is 4.11. The summed E-state index contributed by atoms with van der Waals surface area (Å²) in [4.78, 5) is 48.9. The van der Waals surface area contributed by atoms with Crippen LogP contribution in [0.3, 0.4) is 0 Å². The number of aromatic nitrogens is 1. The van der Waals surface area contributed by atoms with Crippen molar-refractivity contribution < 1.29 is 33.6 Å². The van der Waals surface area contributed by atoms with Crippen molar-refractivity contribution in [3.05, 3.63) is 68.6 Å². The molecular weight excluding hydrogens is 615 g/mol. The van der Waals surface area contributed by atoms with E-state index in [1.165, 1.54) is 6.20 Å². The van der Waals surface area contributed by atoms with Crippen LogP contribution in [-0.4, -0.2) is 59.7 Å². The molecule has 4 rings (SSSR count). The van der Waals surface area contributed by atoms with Crippen molar-refractivity contribution in [2.45, 2.75) is 58.9 Å². The van der Waals surface area contributed by atoms with Crippen LogP contribution in [0.4, 0.5) is 0 Å². The fourth-order valence-electron chi connectivity index (χ4n) is 5.57. The number of halogens is 1. The summed E-state index contributed by atoms with van der Waals surface area (Å²) in [5.74, 6) is 0.337. The number of aryl methyl sites for hydroxylation is 1. The van der Waals surface area contributed by atoms with Gasteiger partial charge in [-0.3, -0.25) is 9.69 Å². The van der Waals surface area contributed by atoms with Gasteiger partial charge in [0.2, 0.25) is 5.69 Å². The third kappa shape index (κ3) is 9.07. The van der Waals surface area contributed by atoms with E-state index in [1.807, 2.05) is 18.7 Å². The van der Waals surface area contributed by atoms with Crippen LogP contribution in [0, 0.1) is 25.0 Å². The molecule has 0 N–H and O–H groups in total. The lowest BCUT2D eigenvalue weighted by Gasteiger charge is -2.49. The molecule has 0 atom stereocenters. The van der Waals surface area contributed by atoms with E-state index in [1.54, 1.807) is 13.0 Å². The quantitative estimate of drug-likeness (QED) is 0.151. The Morgan fingerprint density at radius 3 is 2.20 bits per heavy atom. The van der Waals surface area contributed by atoms with Crippen molar-refractivity contribution in [3.63, 3.8) is 0 Å². The Morgan fingerprint density at radius 1 is 1.10 bits per heavy atom. The molecule has 2 aliphatic heterocycles. The second-order valence-corrected chi connectivity index (χ2v) is 12.5. The van der Waals surface area contributed by atoms with Crippen LogP contribution in [0.5, 0.6) is 0 Å². The van der Waals surface area contributed by atoms with Crippen molar-refractivity contribution in [2.75, 3.05) is 32.8 Å². The Bertz CT molecular complexity index is 1260. The molecule has 2 fully saturated rings. The lowest BCUT2D eigenvalue weighted by Crippen LogP contribution is -2.57. The molecule has 0 saturated carbocycles. The average Bonchev–Trinajstić information content (AvgIpc) is 2.92. The first-order chi connectivity index (χ1) is 19.2. The molecule has 0 radical (unpaired) electrons. The van der Waals surface area contributed by atoms with Crippen LogP contribution in [0.25, 0.3) is 0 Å². The highest BCUT2D eigenvalue weighted by atomic mass is 79.9. The van der Waals surface area contributed by atoms with Gasteiger partial charge in [0.05, 0.1) is 5.71 Å². The fourth-order valence-corrected chi connectivity index (χ4v) is 5.83. The van der Waals surface area contributed by atoms with E-state index in [-0.39, 0.29) is 11.4 Å². The summed E-state index contributed by atoms with van der Waals surface area (Å²) in [6, 6.07) is 10.0. The lowest BCUT2D eigenvalue weighted by molar-refractivity contribution is -0.612. The van der Waals surface area contributed by atoms with E-state index in [2.05, 4.69) is 57.2 Å². The molecule has 2 aliphatic rings. The number of nitrogens with zero attached hydrogens (tertiary/aromatic N) is 4. The minimum Gasteiger partial charge on any atom is -0.822 e. The summed E-state index contributed by atoms with van der Waals surface area (Å²) in [7, 11) is -5.39. The number of hydrogen-bond acceptors (Lipinski definition) is 9. The molecule has 0 unspecified atom stereocenters. The first kappa shape index (κ1) is 33.2. The average molecular weight is 653 g/mol. The molecule has 2 aromatic rings. The maximum atomic E-state index is 13.3. The molecule has 226 valence electrons. The summed E-state index contributed by atoms with van der Waals surface area (Å²) < 4.78 is 10.4. The van der Waals surface area contributed by atoms with Crippen LogP contribution < -0.4 is 19.4 Å². The first-order valence-corrected chi connectivity index (χ1v) is 15.9. The summed E-state index contributed by atoms with van der Waals surface area (Å²) in [6.45, 7) is 11.9. The zero-order valence-corrected chi connectivity index (χ0v) is 26.4. The van der Waals surface area contributed by atoms with Gasteiger partial charge in [0.1, 0.15) is 12.2 Å². The number of rotatable bonds is 6. The molecular formula is C28H37BrN4O7P-3. The first-order valence-electron chi connectivity index (χ1n) is 13.7. The summed E-state index contributed by atoms with van der Waals surface area (Å²) >= 11 is 3.52. The van der Waals surface area contributed by atoms with Crippen molar-refractivity contribution in [1.82, 2.24) is 9.80 Å². The zero-order valence-electron chi connectivity index (χ0n) is 23.9. The zero-order chi connectivity index (χ0) is 30.4. The highest BCUT2D eigenvalue weighted by Crippen LogP contribution is 2.34. The number of pyridine rings is 1. The molecule has 0 bridgehead atoms. The van der Waals surface area contributed by atoms with Crippen molar-refractivity contribution >= 4 is 35.4 Å². The second-order valence-electron chi connectivity index (χ2n) is 10.7. The Morgan fingerprint density at radius 2 is 1.66 bits per heavy atom. The van der Waals surface area contributed by atoms with Crippen molar-refractivity contribution in [2.24, 2.45) is 11.1 Å². The van der Waals surface area contributed by atoms with Gasteiger partial charge in [-0.1, -0.05) is 33.2 Å². The van der Waals surface area contributed by atoms with Crippen LogP contribution >= 0.6 is 23.8 Å². The Balaban J connectivity index is 0.000000850. The van der Waals surface area contributed by atoms with Gasteiger partial charge in [-0.2, -0.15) is 12.6 Å². The van der Waals surface area contributed by atoms with E-state index in [0.29, 0.717) is 36.9 Å². The van der Waals surface area contributed by atoms with E-state index < -0.39 is 7.82 Å². The Kier molecular flexibility index (Phi) is 11.5. The molecule has 3 heterocycles. The smallest absolute Gasteiger partial charge is 0.260 e. The maximum absolute atomic E-state index is 13.3. The predicted octanol–water partition coefficient (Wildman–Crippen LogP) is 2.02. The largest absolute Gasteiger partial charge is 0.822 e. The number of phosphoric acid groups is 1. The van der Waals surface area contributed by atoms with Gasteiger partial charge in [-0.05, 0) is 82.8 Å². The summed E-state index contributed by atoms with van der Waals surface area (Å²) in [6.07, 6.45) is 5.40. The number of amides is 1. The number of hydrogen-bond donors (Lipinski definition) is 0. The van der Waals surface area contributed by atoms with Crippen molar-refractivity contribution in [1.29, 1.82) is 0 Å². The molecule has 41 heavy (non-hydrogen) atoms. The van der Waals surface area contributed by atoms with Gasteiger partial charge < -0.3 is 34.2 Å². The normalized spacial score (nSPS) is 18.4. The van der Waals surface area contributed by atoms with E-state index >= 15 is 0 Å². The third-order valence-corrected chi connectivity index (χ3v) is 8.49. The van der Waals surface area contributed by atoms with Gasteiger partial charge in [0.15, 0.2) is 6.20 Å². The number of likely N-dealkylation sites (tertiary alicyclic amines) is 2. The van der Waals surface area contributed by atoms with Crippen LogP contribution in [0.15, 0.2) is 46.2 Å². The van der Waals surface area contributed by atoms with Crippen LogP contribution in [0.2, 0.25) is 0 Å². The molecule has 2 saturated heterocycles. The SMILES string of the molecule is CCO/N=C(/c1ccc(Br)cc1)C1CCN(C2(C)CCN(C(=O)c3c(C)cc[n+]([O-])c3C)CC2)CC1.O=P([O-])([O-])[O-].